The molecular formula is C9H9NO2. The lowest BCUT2D eigenvalue weighted by Crippen LogP contribution is -1.94. The normalized spacial score (nSPS) is 9.42. The zero-order chi connectivity index (χ0) is 9.14. The van der Waals surface area contributed by atoms with Crippen LogP contribution < -0.4 is 0 Å². The molecule has 0 unspecified atom stereocenters. The van der Waals surface area contributed by atoms with E-state index < -0.39 is 0 Å². The van der Waals surface area contributed by atoms with E-state index in [1.54, 1.807) is 6.92 Å². The van der Waals surface area contributed by atoms with E-state index in [0.717, 1.165) is 0 Å². The highest BCUT2D eigenvalue weighted by atomic mass is 16.3. The van der Waals surface area contributed by atoms with Gasteiger partial charge in [0.15, 0.2) is 0 Å². The summed E-state index contributed by atoms with van der Waals surface area (Å²) in [7, 11) is 0. The van der Waals surface area contributed by atoms with Crippen LogP contribution in [0.25, 0.3) is 0 Å². The van der Waals surface area contributed by atoms with Crippen molar-refractivity contribution < 1.29 is 10.2 Å². The molecule has 0 bridgehead atoms. The largest absolute Gasteiger partial charge is 0.506 e. The van der Waals surface area contributed by atoms with Crippen molar-refractivity contribution in [2.24, 2.45) is 0 Å². The van der Waals surface area contributed by atoms with Gasteiger partial charge < -0.3 is 10.2 Å². The minimum atomic E-state index is -0.269. The zero-order valence-corrected chi connectivity index (χ0v) is 6.70. The van der Waals surface area contributed by atoms with Crippen molar-refractivity contribution in [3.8, 4) is 18.1 Å². The smallest absolute Gasteiger partial charge is 0.143 e. The quantitative estimate of drug-likeness (QED) is 0.595. The summed E-state index contributed by atoms with van der Waals surface area (Å²) in [5.74, 6) is 2.31. The highest BCUT2D eigenvalue weighted by molar-refractivity contribution is 5.47. The van der Waals surface area contributed by atoms with Crippen molar-refractivity contribution in [3.63, 3.8) is 0 Å². The molecule has 0 aliphatic heterocycles. The fourth-order valence-corrected chi connectivity index (χ4v) is 0.931. The summed E-state index contributed by atoms with van der Waals surface area (Å²) in [5, 5.41) is 18.3. The van der Waals surface area contributed by atoms with Crippen LogP contribution >= 0.6 is 0 Å². The predicted molar refractivity (Wildman–Crippen MR) is 44.5 cm³/mol. The molecule has 0 radical (unpaired) electrons. The highest BCUT2D eigenvalue weighted by Gasteiger charge is 2.08. The second-order valence-electron chi connectivity index (χ2n) is 2.39. The molecule has 0 fully saturated rings. The molecule has 1 aromatic heterocycles. The van der Waals surface area contributed by atoms with Crippen molar-refractivity contribution in [3.05, 3.63) is 23.0 Å². The first-order chi connectivity index (χ1) is 5.70. The highest BCUT2D eigenvalue weighted by Crippen LogP contribution is 2.22. The Labute approximate surface area is 70.7 Å². The minimum Gasteiger partial charge on any atom is -0.506 e. The first-order valence-corrected chi connectivity index (χ1v) is 3.45. The minimum absolute atomic E-state index is 0.0204. The molecule has 0 aromatic carbocycles. The molecule has 3 nitrogen and oxygen atoms in total. The average molecular weight is 163 g/mol. The third-order valence-corrected chi connectivity index (χ3v) is 1.65. The first-order valence-electron chi connectivity index (χ1n) is 3.45. The summed E-state index contributed by atoms with van der Waals surface area (Å²) < 4.78 is 0. The number of rotatable bonds is 1. The topological polar surface area (TPSA) is 53.4 Å². The second kappa shape index (κ2) is 3.24. The van der Waals surface area contributed by atoms with E-state index in [2.05, 4.69) is 10.9 Å². The lowest BCUT2D eigenvalue weighted by Gasteiger charge is -2.05. The van der Waals surface area contributed by atoms with Crippen molar-refractivity contribution in [2.45, 2.75) is 13.5 Å². The Kier molecular flexibility index (Phi) is 2.32. The number of pyridine rings is 1. The Morgan fingerprint density at radius 1 is 1.67 bits per heavy atom. The average Bonchev–Trinajstić information content (AvgIpc) is 2.09. The number of aliphatic hydroxyl groups is 1. The molecule has 0 aliphatic rings. The lowest BCUT2D eigenvalue weighted by molar-refractivity contribution is 0.274. The Bertz CT molecular complexity index is 339. The summed E-state index contributed by atoms with van der Waals surface area (Å²) in [5.41, 5.74) is 1.27. The van der Waals surface area contributed by atoms with Gasteiger partial charge in [-0.2, -0.15) is 0 Å². The van der Waals surface area contributed by atoms with Crippen molar-refractivity contribution in [1.82, 2.24) is 4.98 Å². The van der Waals surface area contributed by atoms with Gasteiger partial charge in [0.25, 0.3) is 0 Å². The number of aliphatic hydroxyl groups excluding tert-OH is 1. The molecule has 3 heteroatoms. The van der Waals surface area contributed by atoms with E-state index >= 15 is 0 Å². The number of nitrogens with zero attached hydrogens (tertiary/aromatic N) is 1. The Morgan fingerprint density at radius 2 is 2.33 bits per heavy atom. The van der Waals surface area contributed by atoms with Gasteiger partial charge in [-0.15, -0.1) is 6.42 Å². The Balaban J connectivity index is 3.38. The first kappa shape index (κ1) is 8.57. The maximum Gasteiger partial charge on any atom is 0.143 e. The van der Waals surface area contributed by atoms with Crippen molar-refractivity contribution in [2.75, 3.05) is 0 Å². The Hall–Kier alpha value is -1.53. The van der Waals surface area contributed by atoms with Crippen LogP contribution in [0.5, 0.6) is 5.75 Å². The SMILES string of the molecule is C#Cc1cnc(C)c(O)c1CO. The third-order valence-electron chi connectivity index (χ3n) is 1.65. The number of hydrogen-bond donors (Lipinski definition) is 2. The van der Waals surface area contributed by atoms with Crippen LogP contribution in [0.3, 0.4) is 0 Å². The van der Waals surface area contributed by atoms with Crippen molar-refractivity contribution >= 4 is 0 Å². The van der Waals surface area contributed by atoms with Gasteiger partial charge in [-0.1, -0.05) is 5.92 Å². The summed E-state index contributed by atoms with van der Waals surface area (Å²) in [4.78, 5) is 3.85. The van der Waals surface area contributed by atoms with Gasteiger partial charge in [-0.05, 0) is 6.92 Å². The van der Waals surface area contributed by atoms with Gasteiger partial charge in [-0.25, -0.2) is 0 Å². The molecule has 0 amide bonds. The molecule has 12 heavy (non-hydrogen) atoms. The number of aryl methyl sites for hydroxylation is 1. The summed E-state index contributed by atoms with van der Waals surface area (Å²) in [6, 6.07) is 0. The number of aromatic nitrogens is 1. The monoisotopic (exact) mass is 163 g/mol. The fraction of sp³-hybridized carbons (Fsp3) is 0.222. The Morgan fingerprint density at radius 3 is 2.83 bits per heavy atom. The molecule has 0 saturated heterocycles. The van der Waals surface area contributed by atoms with Gasteiger partial charge in [0.05, 0.1) is 17.9 Å². The molecule has 62 valence electrons. The van der Waals surface area contributed by atoms with Crippen LogP contribution in [0.15, 0.2) is 6.20 Å². The van der Waals surface area contributed by atoms with Crippen LogP contribution in [-0.4, -0.2) is 15.2 Å². The number of terminal acetylenes is 1. The van der Waals surface area contributed by atoms with Crippen LogP contribution in [0.2, 0.25) is 0 Å². The maximum atomic E-state index is 9.39. The van der Waals surface area contributed by atoms with E-state index in [0.29, 0.717) is 16.8 Å². The van der Waals surface area contributed by atoms with E-state index in [-0.39, 0.29) is 12.4 Å². The van der Waals surface area contributed by atoms with Gasteiger partial charge in [0.2, 0.25) is 0 Å². The van der Waals surface area contributed by atoms with E-state index in [1.165, 1.54) is 6.20 Å². The van der Waals surface area contributed by atoms with E-state index in [1.807, 2.05) is 0 Å². The lowest BCUT2D eigenvalue weighted by atomic mass is 10.1. The fourth-order valence-electron chi connectivity index (χ4n) is 0.931. The molecule has 0 atom stereocenters. The second-order valence-corrected chi connectivity index (χ2v) is 2.39. The zero-order valence-electron chi connectivity index (χ0n) is 6.70. The molecule has 0 spiro atoms. The van der Waals surface area contributed by atoms with Crippen LogP contribution in [0, 0.1) is 19.3 Å². The number of aromatic hydroxyl groups is 1. The van der Waals surface area contributed by atoms with E-state index in [9.17, 15) is 5.11 Å². The summed E-state index contributed by atoms with van der Waals surface area (Å²) in [6.07, 6.45) is 6.59. The van der Waals surface area contributed by atoms with Gasteiger partial charge in [0, 0.05) is 11.8 Å². The van der Waals surface area contributed by atoms with Crippen LogP contribution in [0.4, 0.5) is 0 Å². The van der Waals surface area contributed by atoms with Gasteiger partial charge in [0.1, 0.15) is 5.75 Å². The van der Waals surface area contributed by atoms with Crippen LogP contribution in [-0.2, 0) is 6.61 Å². The maximum absolute atomic E-state index is 9.39. The predicted octanol–water partition coefficient (Wildman–Crippen LogP) is 0.569. The van der Waals surface area contributed by atoms with E-state index in [4.69, 9.17) is 11.5 Å². The standard InChI is InChI=1S/C9H9NO2/c1-3-7-4-10-6(2)9(12)8(7)5-11/h1,4,11-12H,5H2,2H3. The molecular weight excluding hydrogens is 154 g/mol. The molecule has 0 aliphatic carbocycles. The van der Waals surface area contributed by atoms with Gasteiger partial charge >= 0.3 is 0 Å². The van der Waals surface area contributed by atoms with Crippen molar-refractivity contribution in [1.29, 1.82) is 0 Å². The van der Waals surface area contributed by atoms with Crippen LogP contribution in [0.1, 0.15) is 16.8 Å². The number of hydrogen-bond acceptors (Lipinski definition) is 3. The summed E-state index contributed by atoms with van der Waals surface area (Å²) >= 11 is 0. The molecule has 2 N–H and O–H groups in total. The molecule has 1 aromatic rings. The molecule has 1 rings (SSSR count). The molecule has 1 heterocycles. The summed E-state index contributed by atoms with van der Waals surface area (Å²) in [6.45, 7) is 1.38. The van der Waals surface area contributed by atoms with Gasteiger partial charge in [-0.3, -0.25) is 4.98 Å². The third kappa shape index (κ3) is 1.25. The molecule has 0 saturated carbocycles.